The van der Waals surface area contributed by atoms with Crippen molar-refractivity contribution < 1.29 is 19.2 Å². The van der Waals surface area contributed by atoms with Crippen LogP contribution < -0.4 is 0 Å². The molecule has 0 fully saturated rings. The van der Waals surface area contributed by atoms with Gasteiger partial charge in [-0.05, 0) is 18.6 Å². The summed E-state index contributed by atoms with van der Waals surface area (Å²) in [5.74, 6) is -2.98. The fraction of sp³-hybridized carbons (Fsp3) is 0.222. The number of aliphatic carboxylic acids is 1. The molecule has 0 aliphatic carbocycles. The van der Waals surface area contributed by atoms with E-state index >= 15 is 0 Å². The molecule has 1 aromatic carbocycles. The van der Waals surface area contributed by atoms with E-state index < -0.39 is 28.3 Å². The molecule has 0 heterocycles. The minimum Gasteiger partial charge on any atom is -0.481 e. The van der Waals surface area contributed by atoms with Gasteiger partial charge < -0.3 is 5.11 Å². The summed E-state index contributed by atoms with van der Waals surface area (Å²) in [6.45, 7) is 1.37. The van der Waals surface area contributed by atoms with Crippen LogP contribution in [0.4, 0.5) is 10.1 Å². The lowest BCUT2D eigenvalue weighted by atomic mass is 10.0. The van der Waals surface area contributed by atoms with Crippen LogP contribution in [0, 0.1) is 15.9 Å². The van der Waals surface area contributed by atoms with Crippen LogP contribution in [-0.4, -0.2) is 16.0 Å². The zero-order chi connectivity index (χ0) is 11.6. The SMILES string of the molecule is CC(C(=O)O)c1ccc(F)c([N+](=O)[O-])c1. The number of carboxylic acid groups (broad SMARTS) is 1. The van der Waals surface area contributed by atoms with Crippen molar-refractivity contribution in [2.75, 3.05) is 0 Å². The number of hydrogen-bond donors (Lipinski definition) is 1. The average molecular weight is 213 g/mol. The maximum Gasteiger partial charge on any atom is 0.310 e. The van der Waals surface area contributed by atoms with Crippen molar-refractivity contribution in [3.8, 4) is 0 Å². The summed E-state index contributed by atoms with van der Waals surface area (Å²) >= 11 is 0. The van der Waals surface area contributed by atoms with Crippen molar-refractivity contribution in [2.45, 2.75) is 12.8 Å². The molecule has 5 nitrogen and oxygen atoms in total. The summed E-state index contributed by atoms with van der Waals surface area (Å²) < 4.78 is 12.9. The molecule has 0 spiro atoms. The lowest BCUT2D eigenvalue weighted by Gasteiger charge is -2.05. The Labute approximate surface area is 84.3 Å². The first kappa shape index (κ1) is 11.1. The Kier molecular flexibility index (Phi) is 2.99. The van der Waals surface area contributed by atoms with Crippen LogP contribution in [0.3, 0.4) is 0 Å². The molecule has 1 unspecified atom stereocenters. The lowest BCUT2D eigenvalue weighted by molar-refractivity contribution is -0.387. The quantitative estimate of drug-likeness (QED) is 0.614. The van der Waals surface area contributed by atoms with Gasteiger partial charge in [0.25, 0.3) is 0 Å². The van der Waals surface area contributed by atoms with E-state index in [1.807, 2.05) is 0 Å². The monoisotopic (exact) mass is 213 g/mol. The third-order valence-electron chi connectivity index (χ3n) is 2.04. The zero-order valence-corrected chi connectivity index (χ0v) is 7.81. The molecule has 0 saturated carbocycles. The fourth-order valence-corrected chi connectivity index (χ4v) is 1.08. The van der Waals surface area contributed by atoms with E-state index in [4.69, 9.17) is 5.11 Å². The molecule has 0 aliphatic heterocycles. The van der Waals surface area contributed by atoms with Gasteiger partial charge in [0, 0.05) is 6.07 Å². The molecule has 1 rings (SSSR count). The van der Waals surface area contributed by atoms with E-state index in [2.05, 4.69) is 0 Å². The second-order valence-electron chi connectivity index (χ2n) is 3.03. The third-order valence-corrected chi connectivity index (χ3v) is 2.04. The smallest absolute Gasteiger partial charge is 0.310 e. The van der Waals surface area contributed by atoms with Gasteiger partial charge in [0.15, 0.2) is 0 Å². The van der Waals surface area contributed by atoms with Crippen molar-refractivity contribution in [3.63, 3.8) is 0 Å². The first-order valence-electron chi connectivity index (χ1n) is 4.10. The van der Waals surface area contributed by atoms with Crippen LogP contribution in [0.2, 0.25) is 0 Å². The van der Waals surface area contributed by atoms with Gasteiger partial charge in [0.1, 0.15) is 0 Å². The lowest BCUT2D eigenvalue weighted by Crippen LogP contribution is -2.08. The molecule has 0 saturated heterocycles. The number of nitrogens with zero attached hydrogens (tertiary/aromatic N) is 1. The summed E-state index contributed by atoms with van der Waals surface area (Å²) in [5.41, 5.74) is -0.504. The highest BCUT2D eigenvalue weighted by Gasteiger charge is 2.20. The van der Waals surface area contributed by atoms with E-state index in [0.717, 1.165) is 12.1 Å². The Morgan fingerprint density at radius 1 is 1.60 bits per heavy atom. The topological polar surface area (TPSA) is 80.4 Å². The minimum atomic E-state index is -1.11. The van der Waals surface area contributed by atoms with Crippen molar-refractivity contribution >= 4 is 11.7 Å². The van der Waals surface area contributed by atoms with Gasteiger partial charge in [-0.3, -0.25) is 14.9 Å². The Morgan fingerprint density at radius 2 is 2.20 bits per heavy atom. The predicted octanol–water partition coefficient (Wildman–Crippen LogP) is 1.92. The van der Waals surface area contributed by atoms with Gasteiger partial charge in [0.2, 0.25) is 5.82 Å². The Balaban J connectivity index is 3.18. The molecule has 1 N–H and O–H groups in total. The van der Waals surface area contributed by atoms with Crippen LogP contribution in [0.1, 0.15) is 18.4 Å². The van der Waals surface area contributed by atoms with E-state index in [1.165, 1.54) is 13.0 Å². The summed E-state index contributed by atoms with van der Waals surface area (Å²) in [4.78, 5) is 20.1. The Morgan fingerprint density at radius 3 is 2.67 bits per heavy atom. The third kappa shape index (κ3) is 2.28. The van der Waals surface area contributed by atoms with Gasteiger partial charge in [-0.15, -0.1) is 0 Å². The molecule has 0 bridgehead atoms. The minimum absolute atomic E-state index is 0.204. The van der Waals surface area contributed by atoms with Crippen LogP contribution in [-0.2, 0) is 4.79 Å². The van der Waals surface area contributed by atoms with Crippen molar-refractivity contribution in [3.05, 3.63) is 39.7 Å². The maximum absolute atomic E-state index is 12.9. The van der Waals surface area contributed by atoms with Crippen LogP contribution in [0.25, 0.3) is 0 Å². The molecule has 0 amide bonds. The van der Waals surface area contributed by atoms with E-state index in [1.54, 1.807) is 0 Å². The average Bonchev–Trinajstić information content (AvgIpc) is 2.16. The first-order valence-corrected chi connectivity index (χ1v) is 4.10. The van der Waals surface area contributed by atoms with Gasteiger partial charge in [-0.1, -0.05) is 6.07 Å². The molecule has 0 aromatic heterocycles. The highest BCUT2D eigenvalue weighted by atomic mass is 19.1. The predicted molar refractivity (Wildman–Crippen MR) is 49.1 cm³/mol. The molecule has 15 heavy (non-hydrogen) atoms. The summed E-state index contributed by atoms with van der Waals surface area (Å²) in [7, 11) is 0. The number of carbonyl (C=O) groups is 1. The second-order valence-corrected chi connectivity index (χ2v) is 3.03. The van der Waals surface area contributed by atoms with Crippen LogP contribution in [0.5, 0.6) is 0 Å². The number of carboxylic acids is 1. The fourth-order valence-electron chi connectivity index (χ4n) is 1.08. The Bertz CT molecular complexity index is 419. The number of nitro benzene ring substituents is 1. The molecule has 0 radical (unpaired) electrons. The molecular formula is C9H8FNO4. The number of nitro groups is 1. The Hall–Kier alpha value is -1.98. The molecular weight excluding hydrogens is 205 g/mol. The number of halogens is 1. The van der Waals surface area contributed by atoms with Crippen LogP contribution in [0.15, 0.2) is 18.2 Å². The van der Waals surface area contributed by atoms with Crippen LogP contribution >= 0.6 is 0 Å². The molecule has 0 aliphatic rings. The highest BCUT2D eigenvalue weighted by Crippen LogP contribution is 2.23. The largest absolute Gasteiger partial charge is 0.481 e. The van der Waals surface area contributed by atoms with E-state index in [-0.39, 0.29) is 5.56 Å². The summed E-state index contributed by atoms with van der Waals surface area (Å²) in [6.07, 6.45) is 0. The molecule has 1 aromatic rings. The van der Waals surface area contributed by atoms with Crippen molar-refractivity contribution in [1.29, 1.82) is 0 Å². The number of hydrogen-bond acceptors (Lipinski definition) is 3. The molecule has 1 atom stereocenters. The van der Waals surface area contributed by atoms with E-state index in [0.29, 0.717) is 0 Å². The first-order chi connectivity index (χ1) is 6.93. The van der Waals surface area contributed by atoms with Gasteiger partial charge in [0.05, 0.1) is 10.8 Å². The van der Waals surface area contributed by atoms with E-state index in [9.17, 15) is 19.3 Å². The molecule has 80 valence electrons. The zero-order valence-electron chi connectivity index (χ0n) is 7.81. The van der Waals surface area contributed by atoms with Gasteiger partial charge >= 0.3 is 11.7 Å². The maximum atomic E-state index is 12.9. The molecule has 6 heteroatoms. The standard InChI is InChI=1S/C9H8FNO4/c1-5(9(12)13)6-2-3-7(10)8(4-6)11(14)15/h2-5H,1H3,(H,12,13). The van der Waals surface area contributed by atoms with Crippen molar-refractivity contribution in [1.82, 2.24) is 0 Å². The summed E-state index contributed by atoms with van der Waals surface area (Å²) in [5, 5.41) is 19.1. The number of rotatable bonds is 3. The number of benzene rings is 1. The van der Waals surface area contributed by atoms with Gasteiger partial charge in [-0.2, -0.15) is 4.39 Å². The highest BCUT2D eigenvalue weighted by molar-refractivity contribution is 5.75. The second kappa shape index (κ2) is 4.04. The summed E-state index contributed by atoms with van der Waals surface area (Å²) in [6, 6.07) is 3.06. The van der Waals surface area contributed by atoms with Gasteiger partial charge in [-0.25, -0.2) is 0 Å². The normalized spacial score (nSPS) is 12.1. The van der Waals surface area contributed by atoms with Crippen molar-refractivity contribution in [2.24, 2.45) is 0 Å².